The third kappa shape index (κ3) is 4.42. The van der Waals surface area contributed by atoms with Gasteiger partial charge >= 0.3 is 0 Å². The molecule has 0 spiro atoms. The summed E-state index contributed by atoms with van der Waals surface area (Å²) in [5.74, 6) is -5.07. The van der Waals surface area contributed by atoms with Crippen molar-refractivity contribution in [3.8, 4) is 68.6 Å². The molecule has 0 saturated heterocycles. The summed E-state index contributed by atoms with van der Waals surface area (Å²) in [5.41, 5.74) is 6.09. The largest absolute Gasteiger partial charge is 0.504 e. The Kier molecular flexibility index (Phi) is 6.45. The molecular formula is C45H26N4O7. The molecule has 0 aliphatic heterocycles. The van der Waals surface area contributed by atoms with Crippen molar-refractivity contribution in [2.24, 2.45) is 0 Å². The summed E-state index contributed by atoms with van der Waals surface area (Å²) in [7, 11) is 0. The maximum absolute atomic E-state index is 11.0. The molecule has 0 unspecified atom stereocenters. The summed E-state index contributed by atoms with van der Waals surface area (Å²) in [6, 6.07) is 41.3. The van der Waals surface area contributed by atoms with Gasteiger partial charge in [-0.1, -0.05) is 72.8 Å². The SMILES string of the molecule is Oc1c(O)c(O)c(-c2nc(-c3ccc4c(c3)oc3ccccc34)nc(-c3cccc4oc5cc(-n6c7ccccc7c7ccccc76)ccc5c34)n2)c(O)c1O. The molecule has 0 bridgehead atoms. The molecule has 11 nitrogen and oxygen atoms in total. The van der Waals surface area contributed by atoms with Crippen LogP contribution in [0.15, 0.2) is 136 Å². The molecule has 0 amide bonds. The first-order chi connectivity index (χ1) is 27.3. The quantitative estimate of drug-likeness (QED) is 0.0865. The Morgan fingerprint density at radius 2 is 0.964 bits per heavy atom. The summed E-state index contributed by atoms with van der Waals surface area (Å²) >= 11 is 0. The van der Waals surface area contributed by atoms with Crippen LogP contribution in [0.5, 0.6) is 28.7 Å². The Hall–Kier alpha value is -8.05. The molecule has 0 fully saturated rings. The number of aromatic hydroxyl groups is 5. The van der Waals surface area contributed by atoms with Crippen LogP contribution in [0.4, 0.5) is 0 Å². The Balaban J connectivity index is 1.14. The molecule has 268 valence electrons. The van der Waals surface area contributed by atoms with E-state index in [-0.39, 0.29) is 17.5 Å². The van der Waals surface area contributed by atoms with Crippen molar-refractivity contribution < 1.29 is 34.4 Å². The fraction of sp³-hybridized carbons (Fsp3) is 0. The number of hydrogen-bond acceptors (Lipinski definition) is 10. The van der Waals surface area contributed by atoms with Crippen molar-refractivity contribution in [1.82, 2.24) is 19.5 Å². The lowest BCUT2D eigenvalue weighted by molar-refractivity contribution is 0.329. The highest BCUT2D eigenvalue weighted by atomic mass is 16.4. The molecule has 0 saturated carbocycles. The van der Waals surface area contributed by atoms with Crippen LogP contribution < -0.4 is 0 Å². The molecule has 0 aliphatic rings. The maximum atomic E-state index is 11.0. The summed E-state index contributed by atoms with van der Waals surface area (Å²) < 4.78 is 14.9. The van der Waals surface area contributed by atoms with Gasteiger partial charge in [-0.25, -0.2) is 15.0 Å². The minimum atomic E-state index is -1.09. The van der Waals surface area contributed by atoms with E-state index < -0.39 is 34.3 Å². The first-order valence-corrected chi connectivity index (χ1v) is 17.6. The number of benzene rings is 7. The number of rotatable bonds is 4. The molecule has 11 heteroatoms. The molecule has 4 heterocycles. The molecule has 56 heavy (non-hydrogen) atoms. The van der Waals surface area contributed by atoms with Crippen LogP contribution in [0.2, 0.25) is 0 Å². The number of nitrogens with zero attached hydrogens (tertiary/aromatic N) is 4. The van der Waals surface area contributed by atoms with E-state index in [2.05, 4.69) is 38.8 Å². The normalized spacial score (nSPS) is 11.9. The van der Waals surface area contributed by atoms with Gasteiger partial charge in [0.15, 0.2) is 29.0 Å². The van der Waals surface area contributed by atoms with Gasteiger partial charge in [-0.3, -0.25) is 0 Å². The third-order valence-corrected chi connectivity index (χ3v) is 10.4. The van der Waals surface area contributed by atoms with Crippen molar-refractivity contribution in [1.29, 1.82) is 0 Å². The Bertz CT molecular complexity index is 3370. The molecule has 4 aromatic heterocycles. The zero-order chi connectivity index (χ0) is 37.8. The van der Waals surface area contributed by atoms with E-state index in [1.807, 2.05) is 97.1 Å². The molecule has 0 radical (unpaired) electrons. The molecule has 11 rings (SSSR count). The van der Waals surface area contributed by atoms with Gasteiger partial charge in [0.25, 0.3) is 0 Å². The van der Waals surface area contributed by atoms with Crippen molar-refractivity contribution in [3.05, 3.63) is 127 Å². The van der Waals surface area contributed by atoms with Gasteiger partial charge in [-0.15, -0.1) is 0 Å². The molecule has 5 N–H and O–H groups in total. The maximum Gasteiger partial charge on any atom is 0.208 e. The Morgan fingerprint density at radius 3 is 1.71 bits per heavy atom. The number of hydrogen-bond donors (Lipinski definition) is 5. The monoisotopic (exact) mass is 734 g/mol. The minimum absolute atomic E-state index is 0.136. The highest BCUT2D eigenvalue weighted by molar-refractivity contribution is 6.13. The molecule has 7 aromatic carbocycles. The second kappa shape index (κ2) is 11.5. The number of fused-ring (bicyclic) bond motifs is 9. The van der Waals surface area contributed by atoms with Crippen LogP contribution >= 0.6 is 0 Å². The number of phenols is 5. The number of furan rings is 2. The fourth-order valence-corrected chi connectivity index (χ4v) is 7.84. The average Bonchev–Trinajstić information content (AvgIpc) is 3.91. The van der Waals surface area contributed by atoms with Crippen molar-refractivity contribution in [3.63, 3.8) is 0 Å². The van der Waals surface area contributed by atoms with E-state index in [0.29, 0.717) is 38.8 Å². The zero-order valence-electron chi connectivity index (χ0n) is 29.0. The highest BCUT2D eigenvalue weighted by Crippen LogP contribution is 2.54. The van der Waals surface area contributed by atoms with Crippen LogP contribution in [-0.4, -0.2) is 45.1 Å². The van der Waals surface area contributed by atoms with Crippen molar-refractivity contribution >= 4 is 65.7 Å². The molecule has 11 aromatic rings. The van der Waals surface area contributed by atoms with Gasteiger partial charge in [-0.05, 0) is 48.5 Å². The van der Waals surface area contributed by atoms with E-state index >= 15 is 0 Å². The van der Waals surface area contributed by atoms with Gasteiger partial charge in [0.05, 0.1) is 11.0 Å². The van der Waals surface area contributed by atoms with Crippen LogP contribution in [-0.2, 0) is 0 Å². The third-order valence-electron chi connectivity index (χ3n) is 10.4. The smallest absolute Gasteiger partial charge is 0.208 e. The van der Waals surface area contributed by atoms with Gasteiger partial charge in [0.2, 0.25) is 17.2 Å². The predicted octanol–water partition coefficient (Wildman–Crippen LogP) is 10.3. The predicted molar refractivity (Wildman–Crippen MR) is 213 cm³/mol. The lowest BCUT2D eigenvalue weighted by Gasteiger charge is -2.13. The summed E-state index contributed by atoms with van der Waals surface area (Å²) in [6.45, 7) is 0. The van der Waals surface area contributed by atoms with Crippen LogP contribution in [0, 0.1) is 0 Å². The zero-order valence-corrected chi connectivity index (χ0v) is 29.0. The van der Waals surface area contributed by atoms with Crippen LogP contribution in [0.25, 0.3) is 106 Å². The van der Waals surface area contributed by atoms with Crippen molar-refractivity contribution in [2.75, 3.05) is 0 Å². The lowest BCUT2D eigenvalue weighted by Crippen LogP contribution is -2.01. The van der Waals surface area contributed by atoms with Gasteiger partial charge in [0.1, 0.15) is 27.9 Å². The first kappa shape index (κ1) is 31.5. The number of para-hydroxylation sites is 3. The number of aromatic nitrogens is 4. The van der Waals surface area contributed by atoms with E-state index in [1.165, 1.54) is 0 Å². The standard InChI is InChI=1S/C45H26N4O7/c50-38-37(39(51)41(53)42(54)40(38)52)45-47-43(22-16-18-27-26-10-3-6-14-32(26)55-34(27)20-22)46-44(48-45)29-11-7-15-33-36(29)28-19-17-23(21-35(28)56-33)49-30-12-4-1-8-24(30)25-9-2-5-13-31(25)49/h1-21,50-54H. The van der Waals surface area contributed by atoms with E-state index in [4.69, 9.17) is 13.8 Å². The molecule has 0 atom stereocenters. The molecule has 0 aliphatic carbocycles. The van der Waals surface area contributed by atoms with E-state index in [1.54, 1.807) is 6.07 Å². The van der Waals surface area contributed by atoms with Gasteiger partial charge in [-0.2, -0.15) is 0 Å². The van der Waals surface area contributed by atoms with Crippen LogP contribution in [0.1, 0.15) is 0 Å². The summed E-state index contributed by atoms with van der Waals surface area (Å²) in [6.07, 6.45) is 0. The second-order valence-electron chi connectivity index (χ2n) is 13.6. The second-order valence-corrected chi connectivity index (χ2v) is 13.6. The lowest BCUT2D eigenvalue weighted by atomic mass is 10.0. The summed E-state index contributed by atoms with van der Waals surface area (Å²) in [5, 5.41) is 58.7. The minimum Gasteiger partial charge on any atom is -0.504 e. The highest BCUT2D eigenvalue weighted by Gasteiger charge is 2.28. The first-order valence-electron chi connectivity index (χ1n) is 17.6. The summed E-state index contributed by atoms with van der Waals surface area (Å²) in [4.78, 5) is 14.2. The van der Waals surface area contributed by atoms with Gasteiger partial charge < -0.3 is 38.9 Å². The Labute approximate surface area is 314 Å². The number of phenolic OH excluding ortho intramolecular Hbond substituents is 5. The van der Waals surface area contributed by atoms with E-state index in [0.717, 1.165) is 43.7 Å². The fourth-order valence-electron chi connectivity index (χ4n) is 7.84. The van der Waals surface area contributed by atoms with Crippen LogP contribution in [0.3, 0.4) is 0 Å². The average molecular weight is 735 g/mol. The van der Waals surface area contributed by atoms with Gasteiger partial charge in [0, 0.05) is 55.2 Å². The van der Waals surface area contributed by atoms with Crippen molar-refractivity contribution in [2.45, 2.75) is 0 Å². The molecular weight excluding hydrogens is 709 g/mol. The Morgan fingerprint density at radius 1 is 0.411 bits per heavy atom. The van der Waals surface area contributed by atoms with E-state index in [9.17, 15) is 25.5 Å². The topological polar surface area (TPSA) is 171 Å².